The van der Waals surface area contributed by atoms with Gasteiger partial charge in [-0.25, -0.2) is 0 Å². The SMILES string of the molecule is C[C@@]12CCC3[C@@](CCC4[C@@]3(C)CCC[C@@]4(C)C(=O)O)(CC1)C2. The minimum Gasteiger partial charge on any atom is -0.481 e. The minimum absolute atomic E-state index is 0.273. The number of carboxylic acids is 1. The van der Waals surface area contributed by atoms with E-state index in [-0.39, 0.29) is 5.41 Å². The van der Waals surface area contributed by atoms with Gasteiger partial charge < -0.3 is 5.11 Å². The van der Waals surface area contributed by atoms with E-state index in [1.807, 2.05) is 0 Å². The van der Waals surface area contributed by atoms with Crippen LogP contribution in [0.4, 0.5) is 0 Å². The topological polar surface area (TPSA) is 37.3 Å². The quantitative estimate of drug-likeness (QED) is 0.717. The summed E-state index contributed by atoms with van der Waals surface area (Å²) in [6.07, 6.45) is 12.7. The van der Waals surface area contributed by atoms with Crippen molar-refractivity contribution in [3.05, 3.63) is 0 Å². The summed E-state index contributed by atoms with van der Waals surface area (Å²) < 4.78 is 0. The summed E-state index contributed by atoms with van der Waals surface area (Å²) in [7, 11) is 0. The van der Waals surface area contributed by atoms with Gasteiger partial charge in [0, 0.05) is 0 Å². The lowest BCUT2D eigenvalue weighted by Crippen LogP contribution is -2.58. The number of aliphatic carboxylic acids is 1. The molecule has 0 radical (unpaired) electrons. The van der Waals surface area contributed by atoms with E-state index in [1.54, 1.807) is 0 Å². The van der Waals surface area contributed by atoms with Gasteiger partial charge in [-0.3, -0.25) is 4.79 Å². The van der Waals surface area contributed by atoms with Crippen LogP contribution in [0.15, 0.2) is 0 Å². The Hall–Kier alpha value is -0.530. The van der Waals surface area contributed by atoms with Gasteiger partial charge in [0.15, 0.2) is 0 Å². The minimum atomic E-state index is -0.536. The van der Waals surface area contributed by atoms with Crippen LogP contribution in [-0.2, 0) is 4.79 Å². The van der Waals surface area contributed by atoms with Gasteiger partial charge in [0.25, 0.3) is 0 Å². The van der Waals surface area contributed by atoms with Crippen molar-refractivity contribution in [2.45, 2.75) is 85.0 Å². The molecule has 0 amide bonds. The third kappa shape index (κ3) is 1.70. The third-order valence-electron chi connectivity index (χ3n) is 8.97. The molecule has 0 aromatic rings. The molecule has 4 rings (SSSR count). The maximum Gasteiger partial charge on any atom is 0.309 e. The molecule has 124 valence electrons. The first-order chi connectivity index (χ1) is 10.2. The Bertz CT molecular complexity index is 514. The second-order valence-corrected chi connectivity index (χ2v) is 10.1. The van der Waals surface area contributed by atoms with E-state index >= 15 is 0 Å². The van der Waals surface area contributed by atoms with Crippen molar-refractivity contribution in [2.24, 2.45) is 33.5 Å². The van der Waals surface area contributed by atoms with Gasteiger partial charge in [0.05, 0.1) is 5.41 Å². The number of hydrogen-bond acceptors (Lipinski definition) is 1. The molecule has 4 fully saturated rings. The smallest absolute Gasteiger partial charge is 0.309 e. The van der Waals surface area contributed by atoms with E-state index in [2.05, 4.69) is 20.8 Å². The van der Waals surface area contributed by atoms with Crippen LogP contribution in [0.3, 0.4) is 0 Å². The molecule has 4 aliphatic carbocycles. The zero-order valence-corrected chi connectivity index (χ0v) is 14.6. The Morgan fingerprint density at radius 1 is 0.909 bits per heavy atom. The van der Waals surface area contributed by atoms with E-state index in [4.69, 9.17) is 0 Å². The molecule has 0 saturated heterocycles. The van der Waals surface area contributed by atoms with Crippen molar-refractivity contribution < 1.29 is 9.90 Å². The molecular formula is C20H32O2. The fourth-order valence-corrected chi connectivity index (χ4v) is 7.97. The van der Waals surface area contributed by atoms with Gasteiger partial charge in [-0.05, 0) is 92.8 Å². The molecule has 1 spiro atoms. The fraction of sp³-hybridized carbons (Fsp3) is 0.950. The second kappa shape index (κ2) is 4.30. The molecule has 2 nitrogen and oxygen atoms in total. The predicted molar refractivity (Wildman–Crippen MR) is 87.5 cm³/mol. The Labute approximate surface area is 135 Å². The highest BCUT2D eigenvalue weighted by molar-refractivity contribution is 5.75. The predicted octanol–water partition coefficient (Wildman–Crippen LogP) is 5.26. The van der Waals surface area contributed by atoms with Gasteiger partial charge in [0.2, 0.25) is 0 Å². The number of rotatable bonds is 1. The maximum atomic E-state index is 12.0. The molecule has 22 heavy (non-hydrogen) atoms. The monoisotopic (exact) mass is 304 g/mol. The van der Waals surface area contributed by atoms with Crippen molar-refractivity contribution in [1.29, 1.82) is 0 Å². The summed E-state index contributed by atoms with van der Waals surface area (Å²) in [4.78, 5) is 12.0. The van der Waals surface area contributed by atoms with Crippen molar-refractivity contribution in [3.63, 3.8) is 0 Å². The first-order valence-corrected chi connectivity index (χ1v) is 9.48. The molecule has 4 aliphatic rings. The van der Waals surface area contributed by atoms with Crippen LogP contribution >= 0.6 is 0 Å². The van der Waals surface area contributed by atoms with E-state index < -0.39 is 11.4 Å². The number of fused-ring (bicyclic) bond motifs is 3. The van der Waals surface area contributed by atoms with Crippen molar-refractivity contribution >= 4 is 5.97 Å². The first-order valence-electron chi connectivity index (χ1n) is 9.48. The molecule has 0 aromatic heterocycles. The maximum absolute atomic E-state index is 12.0. The van der Waals surface area contributed by atoms with Crippen LogP contribution in [0.1, 0.15) is 85.0 Å². The highest BCUT2D eigenvalue weighted by Crippen LogP contribution is 2.73. The molecule has 0 aliphatic heterocycles. The zero-order chi connectivity index (χ0) is 15.8. The summed E-state index contributed by atoms with van der Waals surface area (Å²) in [6.45, 7) is 7.04. The lowest BCUT2D eigenvalue weighted by molar-refractivity contribution is -0.182. The Morgan fingerprint density at radius 2 is 1.64 bits per heavy atom. The van der Waals surface area contributed by atoms with Crippen LogP contribution in [0.25, 0.3) is 0 Å². The largest absolute Gasteiger partial charge is 0.481 e. The average Bonchev–Trinajstić information content (AvgIpc) is 2.68. The van der Waals surface area contributed by atoms with E-state index in [0.717, 1.165) is 25.2 Å². The first kappa shape index (κ1) is 15.0. The lowest BCUT2D eigenvalue weighted by atomic mass is 9.40. The third-order valence-corrected chi connectivity index (χ3v) is 8.97. The van der Waals surface area contributed by atoms with Crippen molar-refractivity contribution in [1.82, 2.24) is 0 Å². The van der Waals surface area contributed by atoms with Crippen LogP contribution in [0.2, 0.25) is 0 Å². The summed E-state index contributed by atoms with van der Waals surface area (Å²) >= 11 is 0. The molecule has 0 heterocycles. The molecule has 0 aromatic carbocycles. The van der Waals surface area contributed by atoms with Crippen LogP contribution in [0.5, 0.6) is 0 Å². The Kier molecular flexibility index (Phi) is 2.94. The van der Waals surface area contributed by atoms with Crippen molar-refractivity contribution in [2.75, 3.05) is 0 Å². The summed E-state index contributed by atoms with van der Waals surface area (Å²) in [5.41, 5.74) is 0.961. The van der Waals surface area contributed by atoms with Crippen LogP contribution < -0.4 is 0 Å². The van der Waals surface area contributed by atoms with Gasteiger partial charge in [-0.15, -0.1) is 0 Å². The van der Waals surface area contributed by atoms with Crippen LogP contribution in [-0.4, -0.2) is 11.1 Å². The lowest BCUT2D eigenvalue weighted by Gasteiger charge is -2.64. The average molecular weight is 304 g/mol. The molecule has 2 unspecified atom stereocenters. The molecule has 2 heteroatoms. The van der Waals surface area contributed by atoms with Crippen LogP contribution in [0, 0.1) is 33.5 Å². The number of carboxylic acid groups (broad SMARTS) is 1. The Balaban J connectivity index is 1.74. The highest BCUT2D eigenvalue weighted by atomic mass is 16.4. The normalized spacial score (nSPS) is 57.0. The highest BCUT2D eigenvalue weighted by Gasteiger charge is 2.66. The van der Waals surface area contributed by atoms with Gasteiger partial charge in [-0.2, -0.15) is 0 Å². The number of hydrogen-bond donors (Lipinski definition) is 1. The fourth-order valence-electron chi connectivity index (χ4n) is 7.97. The molecule has 4 saturated carbocycles. The van der Waals surface area contributed by atoms with E-state index in [1.165, 1.54) is 44.9 Å². The summed E-state index contributed by atoms with van der Waals surface area (Å²) in [5.74, 6) is 0.645. The molecule has 1 N–H and O–H groups in total. The van der Waals surface area contributed by atoms with E-state index in [0.29, 0.717) is 16.7 Å². The zero-order valence-electron chi connectivity index (χ0n) is 14.6. The standard InChI is InChI=1S/C20H32O2/c1-17-9-5-15-18(2)7-4-8-19(3,16(21)22)14(18)6-10-20(15,13-17)12-11-17/h14-15H,4-13H2,1-3H3,(H,21,22)/t14?,15?,17-,18-,19-,20+/m1/s1. The number of carbonyl (C=O) groups is 1. The van der Waals surface area contributed by atoms with Gasteiger partial charge in [0.1, 0.15) is 0 Å². The van der Waals surface area contributed by atoms with E-state index in [9.17, 15) is 9.90 Å². The molecule has 2 bridgehead atoms. The Morgan fingerprint density at radius 3 is 2.36 bits per heavy atom. The summed E-state index contributed by atoms with van der Waals surface area (Å²) in [5, 5.41) is 9.92. The molecular weight excluding hydrogens is 272 g/mol. The van der Waals surface area contributed by atoms with Gasteiger partial charge in [-0.1, -0.05) is 20.3 Å². The van der Waals surface area contributed by atoms with Gasteiger partial charge >= 0.3 is 5.97 Å². The van der Waals surface area contributed by atoms with Crippen molar-refractivity contribution in [3.8, 4) is 0 Å². The summed E-state index contributed by atoms with van der Waals surface area (Å²) in [6, 6.07) is 0. The second-order valence-electron chi connectivity index (χ2n) is 10.1. The molecule has 6 atom stereocenters.